The monoisotopic (exact) mass is 382 g/mol. The van der Waals surface area contributed by atoms with Gasteiger partial charge in [0.05, 0.1) is 18.6 Å². The van der Waals surface area contributed by atoms with Crippen LogP contribution < -0.4 is 5.32 Å². The number of fused-ring (bicyclic) bond motifs is 1. The molecule has 0 unspecified atom stereocenters. The quantitative estimate of drug-likeness (QED) is 0.691. The Bertz CT molecular complexity index is 885. The second-order valence-corrected chi connectivity index (χ2v) is 8.07. The van der Waals surface area contributed by atoms with Gasteiger partial charge in [-0.25, -0.2) is 9.97 Å². The van der Waals surface area contributed by atoms with Gasteiger partial charge in [0.15, 0.2) is 0 Å². The van der Waals surface area contributed by atoms with Crippen LogP contribution in [0.5, 0.6) is 0 Å². The summed E-state index contributed by atoms with van der Waals surface area (Å²) in [5, 5.41) is 6.85. The van der Waals surface area contributed by atoms with E-state index in [4.69, 9.17) is 4.74 Å². The zero-order valence-corrected chi connectivity index (χ0v) is 16.8. The molecule has 6 heteroatoms. The predicted octanol–water partition coefficient (Wildman–Crippen LogP) is 4.23. The zero-order chi connectivity index (χ0) is 18.6. The number of anilines is 1. The highest BCUT2D eigenvalue weighted by Crippen LogP contribution is 2.36. The average Bonchev–Trinajstić information content (AvgIpc) is 3.14. The first kappa shape index (κ1) is 18.3. The molecular formula is C21H26N4OS. The van der Waals surface area contributed by atoms with Crippen molar-refractivity contribution >= 4 is 27.4 Å². The molecule has 3 aromatic rings. The topological polar surface area (TPSA) is 50.3 Å². The van der Waals surface area contributed by atoms with Gasteiger partial charge >= 0.3 is 0 Å². The molecular weight excluding hydrogens is 356 g/mol. The van der Waals surface area contributed by atoms with Crippen LogP contribution in [0, 0.1) is 0 Å². The first-order chi connectivity index (χ1) is 13.2. The summed E-state index contributed by atoms with van der Waals surface area (Å²) in [5.41, 5.74) is 3.79. The van der Waals surface area contributed by atoms with Crippen LogP contribution in [-0.4, -0.2) is 54.3 Å². The predicted molar refractivity (Wildman–Crippen MR) is 113 cm³/mol. The van der Waals surface area contributed by atoms with Crippen LogP contribution in [0.2, 0.25) is 0 Å². The van der Waals surface area contributed by atoms with Gasteiger partial charge in [0.2, 0.25) is 0 Å². The molecule has 5 nitrogen and oxygen atoms in total. The van der Waals surface area contributed by atoms with Gasteiger partial charge in [-0.05, 0) is 17.0 Å². The number of hydrogen-bond acceptors (Lipinski definition) is 6. The first-order valence-corrected chi connectivity index (χ1v) is 10.5. The molecule has 0 bridgehead atoms. The largest absolute Gasteiger partial charge is 0.379 e. The molecule has 27 heavy (non-hydrogen) atoms. The molecule has 0 amide bonds. The van der Waals surface area contributed by atoms with Crippen molar-refractivity contribution in [3.05, 3.63) is 41.5 Å². The van der Waals surface area contributed by atoms with Crippen LogP contribution in [0.3, 0.4) is 0 Å². The van der Waals surface area contributed by atoms with Crippen molar-refractivity contribution in [2.75, 3.05) is 44.7 Å². The molecule has 1 aliphatic rings. The molecule has 142 valence electrons. The van der Waals surface area contributed by atoms with Crippen molar-refractivity contribution in [1.82, 2.24) is 14.9 Å². The molecule has 1 N–H and O–H groups in total. The first-order valence-electron chi connectivity index (χ1n) is 9.59. The molecule has 0 aliphatic carbocycles. The van der Waals surface area contributed by atoms with Crippen LogP contribution in [0.15, 0.2) is 36.0 Å². The van der Waals surface area contributed by atoms with Crippen LogP contribution in [-0.2, 0) is 4.74 Å². The van der Waals surface area contributed by atoms with Crippen molar-refractivity contribution in [1.29, 1.82) is 0 Å². The van der Waals surface area contributed by atoms with Gasteiger partial charge < -0.3 is 10.1 Å². The van der Waals surface area contributed by atoms with Gasteiger partial charge in [0.25, 0.3) is 0 Å². The molecule has 1 fully saturated rings. The molecule has 0 saturated carbocycles. The van der Waals surface area contributed by atoms with Crippen LogP contribution in [0.1, 0.15) is 25.3 Å². The minimum Gasteiger partial charge on any atom is -0.379 e. The molecule has 4 rings (SSSR count). The maximum absolute atomic E-state index is 5.42. The fourth-order valence-corrected chi connectivity index (χ4v) is 4.34. The second kappa shape index (κ2) is 8.33. The molecule has 1 aliphatic heterocycles. The fraction of sp³-hybridized carbons (Fsp3) is 0.429. The third kappa shape index (κ3) is 4.13. The number of thiophene rings is 1. The number of aromatic nitrogens is 2. The number of nitrogens with one attached hydrogen (secondary N) is 1. The molecule has 1 saturated heterocycles. The van der Waals surface area contributed by atoms with E-state index in [2.05, 4.69) is 63.7 Å². The van der Waals surface area contributed by atoms with Crippen LogP contribution in [0.25, 0.3) is 21.3 Å². The lowest BCUT2D eigenvalue weighted by Gasteiger charge is -2.26. The molecule has 3 heterocycles. The number of ether oxygens (including phenoxy) is 1. The number of nitrogens with zero attached hydrogens (tertiary/aromatic N) is 3. The van der Waals surface area contributed by atoms with E-state index in [9.17, 15) is 0 Å². The molecule has 0 atom stereocenters. The summed E-state index contributed by atoms with van der Waals surface area (Å²) in [6.45, 7) is 9.99. The van der Waals surface area contributed by atoms with Crippen molar-refractivity contribution in [2.24, 2.45) is 0 Å². The Hall–Kier alpha value is -2.02. The average molecular weight is 383 g/mol. The second-order valence-electron chi connectivity index (χ2n) is 7.21. The van der Waals surface area contributed by atoms with Gasteiger partial charge in [-0.15, -0.1) is 11.3 Å². The smallest absolute Gasteiger partial charge is 0.138 e. The molecule has 1 aromatic carbocycles. The Morgan fingerprint density at radius 2 is 1.93 bits per heavy atom. The summed E-state index contributed by atoms with van der Waals surface area (Å²) in [4.78, 5) is 12.5. The Morgan fingerprint density at radius 1 is 1.15 bits per heavy atom. The normalized spacial score (nSPS) is 15.5. The van der Waals surface area contributed by atoms with E-state index in [0.29, 0.717) is 5.92 Å². The fourth-order valence-electron chi connectivity index (χ4n) is 3.43. The number of benzene rings is 1. The van der Waals surface area contributed by atoms with E-state index in [0.717, 1.165) is 55.4 Å². The van der Waals surface area contributed by atoms with E-state index >= 15 is 0 Å². The maximum atomic E-state index is 5.42. The van der Waals surface area contributed by atoms with Gasteiger partial charge in [-0.1, -0.05) is 38.1 Å². The highest BCUT2D eigenvalue weighted by atomic mass is 32.1. The van der Waals surface area contributed by atoms with Gasteiger partial charge in [0.1, 0.15) is 17.0 Å². The summed E-state index contributed by atoms with van der Waals surface area (Å²) in [6, 6.07) is 8.86. The lowest BCUT2D eigenvalue weighted by atomic mass is 9.99. The lowest BCUT2D eigenvalue weighted by Crippen LogP contribution is -2.39. The highest BCUT2D eigenvalue weighted by molar-refractivity contribution is 7.17. The Balaban J connectivity index is 1.55. The summed E-state index contributed by atoms with van der Waals surface area (Å²) in [7, 11) is 0. The van der Waals surface area contributed by atoms with Crippen molar-refractivity contribution in [3.8, 4) is 11.1 Å². The molecule has 0 radical (unpaired) electrons. The number of rotatable bonds is 6. The maximum Gasteiger partial charge on any atom is 0.138 e. The van der Waals surface area contributed by atoms with Gasteiger partial charge in [-0.3, -0.25) is 4.90 Å². The Kier molecular flexibility index (Phi) is 5.66. The third-order valence-corrected chi connectivity index (χ3v) is 5.97. The minimum atomic E-state index is 0.541. The van der Waals surface area contributed by atoms with Crippen molar-refractivity contribution in [2.45, 2.75) is 19.8 Å². The van der Waals surface area contributed by atoms with E-state index < -0.39 is 0 Å². The molecule has 0 spiro atoms. The standard InChI is InChI=1S/C21H26N4OS/c1-15(2)16-3-5-17(6-4-16)18-13-27-21-19(18)20(23-14-24-21)22-7-8-25-9-11-26-12-10-25/h3-6,13-15H,7-12H2,1-2H3,(H,22,23,24). The number of morpholine rings is 1. The highest BCUT2D eigenvalue weighted by Gasteiger charge is 2.14. The van der Waals surface area contributed by atoms with E-state index in [1.54, 1.807) is 17.7 Å². The summed E-state index contributed by atoms with van der Waals surface area (Å²) < 4.78 is 5.42. The van der Waals surface area contributed by atoms with Crippen LogP contribution in [0.4, 0.5) is 5.82 Å². The Morgan fingerprint density at radius 3 is 2.67 bits per heavy atom. The Labute approximate surface area is 164 Å². The summed E-state index contributed by atoms with van der Waals surface area (Å²) in [5.74, 6) is 1.47. The van der Waals surface area contributed by atoms with E-state index in [-0.39, 0.29) is 0 Å². The van der Waals surface area contributed by atoms with Crippen LogP contribution >= 0.6 is 11.3 Å². The molecule has 2 aromatic heterocycles. The minimum absolute atomic E-state index is 0.541. The zero-order valence-electron chi connectivity index (χ0n) is 15.9. The van der Waals surface area contributed by atoms with Gasteiger partial charge in [0, 0.05) is 37.1 Å². The van der Waals surface area contributed by atoms with E-state index in [1.807, 2.05) is 0 Å². The third-order valence-electron chi connectivity index (χ3n) is 5.08. The van der Waals surface area contributed by atoms with Crippen molar-refractivity contribution in [3.63, 3.8) is 0 Å². The van der Waals surface area contributed by atoms with Crippen molar-refractivity contribution < 1.29 is 4.74 Å². The van der Waals surface area contributed by atoms with Gasteiger partial charge in [-0.2, -0.15) is 0 Å². The SMILES string of the molecule is CC(C)c1ccc(-c2csc3ncnc(NCCN4CCOCC4)c23)cc1. The summed E-state index contributed by atoms with van der Waals surface area (Å²) in [6.07, 6.45) is 1.65. The number of hydrogen-bond donors (Lipinski definition) is 1. The van der Waals surface area contributed by atoms with E-state index in [1.165, 1.54) is 16.7 Å². The lowest BCUT2D eigenvalue weighted by molar-refractivity contribution is 0.0398. The summed E-state index contributed by atoms with van der Waals surface area (Å²) >= 11 is 1.68.